The molecule has 5 nitrogen and oxygen atoms in total. The summed E-state index contributed by atoms with van der Waals surface area (Å²) >= 11 is 3.21. The van der Waals surface area contributed by atoms with Crippen molar-refractivity contribution < 1.29 is 13.2 Å². The molecule has 1 amide bonds. The van der Waals surface area contributed by atoms with Crippen molar-refractivity contribution in [3.05, 3.63) is 22.7 Å². The first kappa shape index (κ1) is 16.1. The SMILES string of the molecule is CC(C)CCC(=O)Nc1ccc(S(N)(=O)=O)cc1Br. The number of rotatable bonds is 5. The maximum atomic E-state index is 11.7. The molecule has 106 valence electrons. The normalized spacial score (nSPS) is 11.6. The first-order chi connectivity index (χ1) is 8.70. The summed E-state index contributed by atoms with van der Waals surface area (Å²) in [5.74, 6) is 0.358. The van der Waals surface area contributed by atoms with Crippen molar-refractivity contribution in [1.82, 2.24) is 0 Å². The Morgan fingerprint density at radius 2 is 2.05 bits per heavy atom. The highest BCUT2D eigenvalue weighted by molar-refractivity contribution is 9.10. The third kappa shape index (κ3) is 5.30. The van der Waals surface area contributed by atoms with Crippen molar-refractivity contribution in [2.24, 2.45) is 11.1 Å². The van der Waals surface area contributed by atoms with Crippen LogP contribution < -0.4 is 10.5 Å². The highest BCUT2D eigenvalue weighted by Gasteiger charge is 2.12. The Morgan fingerprint density at radius 3 is 2.53 bits per heavy atom. The Hall–Kier alpha value is -0.920. The van der Waals surface area contributed by atoms with Gasteiger partial charge in [0.05, 0.1) is 10.6 Å². The fraction of sp³-hybridized carbons (Fsp3) is 0.417. The van der Waals surface area contributed by atoms with Crippen LogP contribution in [0.5, 0.6) is 0 Å². The van der Waals surface area contributed by atoms with Gasteiger partial charge in [-0.2, -0.15) is 0 Å². The number of carbonyl (C=O) groups is 1. The molecule has 0 aliphatic heterocycles. The maximum absolute atomic E-state index is 11.7. The Kier molecular flexibility index (Phi) is 5.51. The summed E-state index contributed by atoms with van der Waals surface area (Å²) in [5, 5.41) is 7.74. The van der Waals surface area contributed by atoms with E-state index < -0.39 is 10.0 Å². The van der Waals surface area contributed by atoms with Gasteiger partial charge >= 0.3 is 0 Å². The standard InChI is InChI=1S/C12H17BrN2O3S/c1-8(2)3-6-12(16)15-11-5-4-9(7-10(11)13)19(14,17)18/h4-5,7-8H,3,6H2,1-2H3,(H,15,16)(H2,14,17,18). The molecule has 0 heterocycles. The average molecular weight is 349 g/mol. The molecule has 0 aliphatic carbocycles. The first-order valence-electron chi connectivity index (χ1n) is 5.82. The second-order valence-corrected chi connectivity index (χ2v) is 7.08. The molecule has 1 aromatic carbocycles. The van der Waals surface area contributed by atoms with Gasteiger partial charge in [-0.25, -0.2) is 13.6 Å². The molecule has 0 saturated carbocycles. The lowest BCUT2D eigenvalue weighted by Gasteiger charge is -2.09. The molecule has 0 aliphatic rings. The highest BCUT2D eigenvalue weighted by Crippen LogP contribution is 2.25. The van der Waals surface area contributed by atoms with Gasteiger partial charge in [-0.1, -0.05) is 13.8 Å². The number of nitrogens with two attached hydrogens (primary N) is 1. The number of hydrogen-bond acceptors (Lipinski definition) is 3. The van der Waals surface area contributed by atoms with Gasteiger partial charge in [0, 0.05) is 10.9 Å². The first-order valence-corrected chi connectivity index (χ1v) is 8.16. The highest BCUT2D eigenvalue weighted by atomic mass is 79.9. The number of amides is 1. The number of nitrogens with one attached hydrogen (secondary N) is 1. The third-order valence-electron chi connectivity index (χ3n) is 2.49. The van der Waals surface area contributed by atoms with E-state index in [0.29, 0.717) is 22.5 Å². The minimum absolute atomic E-state index is 0.000413. The monoisotopic (exact) mass is 348 g/mol. The zero-order valence-corrected chi connectivity index (χ0v) is 13.2. The minimum Gasteiger partial charge on any atom is -0.325 e. The molecule has 0 unspecified atom stereocenters. The van der Waals surface area contributed by atoms with E-state index in [4.69, 9.17) is 5.14 Å². The van der Waals surface area contributed by atoms with Crippen LogP contribution in [0, 0.1) is 5.92 Å². The zero-order chi connectivity index (χ0) is 14.6. The van der Waals surface area contributed by atoms with Crippen LogP contribution in [0.3, 0.4) is 0 Å². The summed E-state index contributed by atoms with van der Waals surface area (Å²) < 4.78 is 22.8. The van der Waals surface area contributed by atoms with Crippen LogP contribution in [0.4, 0.5) is 5.69 Å². The summed E-state index contributed by atoms with van der Waals surface area (Å²) in [6.07, 6.45) is 1.24. The van der Waals surface area contributed by atoms with Crippen LogP contribution in [-0.2, 0) is 14.8 Å². The van der Waals surface area contributed by atoms with Gasteiger partial charge in [0.2, 0.25) is 15.9 Å². The molecule has 7 heteroatoms. The van der Waals surface area contributed by atoms with Crippen LogP contribution in [-0.4, -0.2) is 14.3 Å². The molecule has 1 rings (SSSR count). The van der Waals surface area contributed by atoms with Gasteiger partial charge < -0.3 is 5.32 Å². The van der Waals surface area contributed by atoms with E-state index in [0.717, 1.165) is 6.42 Å². The number of anilines is 1. The molecule has 0 aromatic heterocycles. The van der Waals surface area contributed by atoms with E-state index >= 15 is 0 Å². The molecule has 0 saturated heterocycles. The van der Waals surface area contributed by atoms with Gasteiger partial charge in [-0.3, -0.25) is 4.79 Å². The van der Waals surface area contributed by atoms with E-state index in [-0.39, 0.29) is 10.8 Å². The Balaban J connectivity index is 2.78. The quantitative estimate of drug-likeness (QED) is 0.856. The molecule has 1 aromatic rings. The lowest BCUT2D eigenvalue weighted by Crippen LogP contribution is -2.14. The maximum Gasteiger partial charge on any atom is 0.238 e. The van der Waals surface area contributed by atoms with Crippen molar-refractivity contribution >= 4 is 37.5 Å². The Bertz CT molecular complexity index is 570. The van der Waals surface area contributed by atoms with E-state index in [9.17, 15) is 13.2 Å². The van der Waals surface area contributed by atoms with Crippen LogP contribution in [0.1, 0.15) is 26.7 Å². The van der Waals surface area contributed by atoms with Crippen LogP contribution in [0.25, 0.3) is 0 Å². The molecule has 19 heavy (non-hydrogen) atoms. The summed E-state index contributed by atoms with van der Waals surface area (Å²) in [4.78, 5) is 11.7. The lowest BCUT2D eigenvalue weighted by atomic mass is 10.1. The van der Waals surface area contributed by atoms with E-state index in [2.05, 4.69) is 21.2 Å². The van der Waals surface area contributed by atoms with Crippen molar-refractivity contribution in [2.75, 3.05) is 5.32 Å². The number of sulfonamides is 1. The van der Waals surface area contributed by atoms with E-state index in [1.807, 2.05) is 13.8 Å². The fourth-order valence-electron chi connectivity index (χ4n) is 1.41. The van der Waals surface area contributed by atoms with Gasteiger partial charge in [-0.05, 0) is 46.5 Å². The predicted octanol–water partition coefficient (Wildman–Crippen LogP) is 2.47. The van der Waals surface area contributed by atoms with Gasteiger partial charge in [0.1, 0.15) is 0 Å². The van der Waals surface area contributed by atoms with Crippen molar-refractivity contribution in [2.45, 2.75) is 31.6 Å². The second-order valence-electron chi connectivity index (χ2n) is 4.67. The lowest BCUT2D eigenvalue weighted by molar-refractivity contribution is -0.116. The predicted molar refractivity (Wildman–Crippen MR) is 78.2 cm³/mol. The Labute approximate surface area is 121 Å². The largest absolute Gasteiger partial charge is 0.325 e. The molecule has 0 bridgehead atoms. The summed E-state index contributed by atoms with van der Waals surface area (Å²) in [6.45, 7) is 4.09. The number of carbonyl (C=O) groups excluding carboxylic acids is 1. The molecular formula is C12H17BrN2O3S. The van der Waals surface area contributed by atoms with Crippen molar-refractivity contribution in [3.63, 3.8) is 0 Å². The number of benzene rings is 1. The van der Waals surface area contributed by atoms with Crippen LogP contribution in [0.15, 0.2) is 27.6 Å². The molecule has 0 radical (unpaired) electrons. The summed E-state index contributed by atoms with van der Waals surface area (Å²) in [7, 11) is -3.73. The van der Waals surface area contributed by atoms with Gasteiger partial charge in [0.15, 0.2) is 0 Å². The zero-order valence-electron chi connectivity index (χ0n) is 10.8. The minimum atomic E-state index is -3.73. The third-order valence-corrected chi connectivity index (χ3v) is 4.06. The molecule has 0 spiro atoms. The van der Waals surface area contributed by atoms with Crippen LogP contribution >= 0.6 is 15.9 Å². The summed E-state index contributed by atoms with van der Waals surface area (Å²) in [5.41, 5.74) is 0.529. The van der Waals surface area contributed by atoms with E-state index in [1.165, 1.54) is 18.2 Å². The van der Waals surface area contributed by atoms with E-state index in [1.54, 1.807) is 0 Å². The second kappa shape index (κ2) is 6.49. The number of hydrogen-bond donors (Lipinski definition) is 2. The molecular weight excluding hydrogens is 332 g/mol. The summed E-state index contributed by atoms with van der Waals surface area (Å²) in [6, 6.07) is 4.24. The molecule has 0 fully saturated rings. The average Bonchev–Trinajstić information content (AvgIpc) is 2.27. The van der Waals surface area contributed by atoms with Gasteiger partial charge in [-0.15, -0.1) is 0 Å². The van der Waals surface area contributed by atoms with Crippen molar-refractivity contribution in [3.8, 4) is 0 Å². The topological polar surface area (TPSA) is 89.3 Å². The van der Waals surface area contributed by atoms with Gasteiger partial charge in [0.25, 0.3) is 0 Å². The number of halogens is 1. The smallest absolute Gasteiger partial charge is 0.238 e. The number of primary sulfonamides is 1. The molecule has 3 N–H and O–H groups in total. The molecule has 0 atom stereocenters. The Morgan fingerprint density at radius 1 is 1.42 bits per heavy atom. The van der Waals surface area contributed by atoms with Crippen molar-refractivity contribution in [1.29, 1.82) is 0 Å². The fourth-order valence-corrected chi connectivity index (χ4v) is 2.58. The van der Waals surface area contributed by atoms with Crippen LogP contribution in [0.2, 0.25) is 0 Å².